The zero-order valence-corrected chi connectivity index (χ0v) is 11.2. The number of fused-ring (bicyclic) bond motifs is 1. The van der Waals surface area contributed by atoms with Crippen LogP contribution in [0.15, 0.2) is 42.5 Å². The van der Waals surface area contributed by atoms with Gasteiger partial charge >= 0.3 is 0 Å². The Morgan fingerprint density at radius 3 is 2.56 bits per heavy atom. The third kappa shape index (κ3) is 2.03. The van der Waals surface area contributed by atoms with Crippen molar-refractivity contribution in [3.63, 3.8) is 0 Å². The van der Waals surface area contributed by atoms with Gasteiger partial charge in [0.1, 0.15) is 0 Å². The number of ether oxygens (including phenoxy) is 1. The molecule has 1 aliphatic rings. The first-order valence-electron chi connectivity index (χ1n) is 5.87. The number of hydrogen-bond donors (Lipinski definition) is 0. The molecule has 0 bridgehead atoms. The molecule has 3 heteroatoms. The molecule has 0 amide bonds. The number of hydrogen-bond acceptors (Lipinski definition) is 1. The number of rotatable bonds is 1. The summed E-state index contributed by atoms with van der Waals surface area (Å²) in [6, 6.07) is 14.1. The Balaban J connectivity index is 2.15. The highest BCUT2D eigenvalue weighted by Crippen LogP contribution is 2.40. The molecule has 2 aromatic rings. The summed E-state index contributed by atoms with van der Waals surface area (Å²) in [5.74, 6) is 0.168. The second-order valence-electron chi connectivity index (χ2n) is 4.41. The molecule has 0 N–H and O–H groups in total. The number of halogens is 2. The van der Waals surface area contributed by atoms with Gasteiger partial charge in [0.2, 0.25) is 0 Å². The minimum absolute atomic E-state index is 0.168. The molecule has 0 saturated carbocycles. The van der Waals surface area contributed by atoms with E-state index in [1.54, 1.807) is 0 Å². The first kappa shape index (κ1) is 12.0. The Labute approximate surface area is 116 Å². The van der Waals surface area contributed by atoms with Crippen LogP contribution in [0.5, 0.6) is 0 Å². The van der Waals surface area contributed by atoms with E-state index in [0.29, 0.717) is 23.3 Å². The van der Waals surface area contributed by atoms with Gasteiger partial charge in [-0.2, -0.15) is 0 Å². The van der Waals surface area contributed by atoms with Crippen LogP contribution in [0.3, 0.4) is 0 Å². The Morgan fingerprint density at radius 2 is 1.78 bits per heavy atom. The topological polar surface area (TPSA) is 9.23 Å². The van der Waals surface area contributed by atoms with Crippen molar-refractivity contribution in [3.05, 3.63) is 69.2 Å². The van der Waals surface area contributed by atoms with Crippen LogP contribution in [0.2, 0.25) is 10.0 Å². The lowest BCUT2D eigenvalue weighted by molar-refractivity contribution is 0.0994. The molecule has 2 aromatic carbocycles. The zero-order valence-electron chi connectivity index (χ0n) is 9.70. The van der Waals surface area contributed by atoms with E-state index in [-0.39, 0.29) is 5.92 Å². The standard InChI is InChI=1S/C15H12Cl2O/c16-13-7-6-11-8-18-9-12(14(11)15(13)17)10-4-2-1-3-5-10/h1-7,12H,8-9H2. The lowest BCUT2D eigenvalue weighted by Crippen LogP contribution is -2.18. The van der Waals surface area contributed by atoms with Crippen molar-refractivity contribution in [3.8, 4) is 0 Å². The van der Waals surface area contributed by atoms with Gasteiger partial charge in [-0.05, 0) is 22.8 Å². The van der Waals surface area contributed by atoms with Crippen LogP contribution in [-0.2, 0) is 11.3 Å². The van der Waals surface area contributed by atoms with E-state index < -0.39 is 0 Å². The van der Waals surface area contributed by atoms with E-state index >= 15 is 0 Å². The van der Waals surface area contributed by atoms with Gasteiger partial charge in [0.25, 0.3) is 0 Å². The molecular weight excluding hydrogens is 267 g/mol. The van der Waals surface area contributed by atoms with Crippen LogP contribution < -0.4 is 0 Å². The maximum atomic E-state index is 6.37. The monoisotopic (exact) mass is 278 g/mol. The Kier molecular flexibility index (Phi) is 3.29. The van der Waals surface area contributed by atoms with Crippen LogP contribution in [-0.4, -0.2) is 6.61 Å². The van der Waals surface area contributed by atoms with Gasteiger partial charge < -0.3 is 4.74 Å². The van der Waals surface area contributed by atoms with Gasteiger partial charge in [-0.15, -0.1) is 0 Å². The molecule has 3 rings (SSSR count). The third-order valence-corrected chi connectivity index (χ3v) is 4.13. The van der Waals surface area contributed by atoms with Gasteiger partial charge in [0, 0.05) is 5.92 Å². The minimum Gasteiger partial charge on any atom is -0.376 e. The van der Waals surface area contributed by atoms with E-state index in [0.717, 1.165) is 11.1 Å². The van der Waals surface area contributed by atoms with Crippen molar-refractivity contribution >= 4 is 23.2 Å². The van der Waals surface area contributed by atoms with Crippen molar-refractivity contribution in [1.82, 2.24) is 0 Å². The summed E-state index contributed by atoms with van der Waals surface area (Å²) in [7, 11) is 0. The Morgan fingerprint density at radius 1 is 1.00 bits per heavy atom. The predicted molar refractivity (Wildman–Crippen MR) is 74.4 cm³/mol. The average Bonchev–Trinajstić information content (AvgIpc) is 2.43. The van der Waals surface area contributed by atoms with Crippen LogP contribution in [0.1, 0.15) is 22.6 Å². The third-order valence-electron chi connectivity index (χ3n) is 3.32. The fraction of sp³-hybridized carbons (Fsp3) is 0.200. The van der Waals surface area contributed by atoms with Gasteiger partial charge in [-0.25, -0.2) is 0 Å². The Hall–Kier alpha value is -1.02. The first-order valence-corrected chi connectivity index (χ1v) is 6.62. The molecule has 0 aromatic heterocycles. The summed E-state index contributed by atoms with van der Waals surface area (Å²) in [6.07, 6.45) is 0. The molecule has 1 heterocycles. The minimum atomic E-state index is 0.168. The maximum absolute atomic E-state index is 6.37. The fourth-order valence-corrected chi connectivity index (χ4v) is 2.91. The molecular formula is C15H12Cl2O. The van der Waals surface area contributed by atoms with Crippen LogP contribution in [0.4, 0.5) is 0 Å². The molecule has 1 nitrogen and oxygen atoms in total. The van der Waals surface area contributed by atoms with Gasteiger partial charge in [0.05, 0.1) is 23.3 Å². The van der Waals surface area contributed by atoms with Crippen LogP contribution in [0.25, 0.3) is 0 Å². The lowest BCUT2D eigenvalue weighted by atomic mass is 9.87. The summed E-state index contributed by atoms with van der Waals surface area (Å²) in [6.45, 7) is 1.26. The highest BCUT2D eigenvalue weighted by molar-refractivity contribution is 6.42. The molecule has 0 radical (unpaired) electrons. The van der Waals surface area contributed by atoms with E-state index in [2.05, 4.69) is 12.1 Å². The molecule has 1 aliphatic heterocycles. The van der Waals surface area contributed by atoms with E-state index in [4.69, 9.17) is 27.9 Å². The summed E-state index contributed by atoms with van der Waals surface area (Å²) in [5, 5.41) is 1.27. The molecule has 0 saturated heterocycles. The van der Waals surface area contributed by atoms with Crippen molar-refractivity contribution in [2.24, 2.45) is 0 Å². The summed E-state index contributed by atoms with van der Waals surface area (Å²) < 4.78 is 5.66. The molecule has 18 heavy (non-hydrogen) atoms. The first-order chi connectivity index (χ1) is 8.77. The second-order valence-corrected chi connectivity index (χ2v) is 5.20. The zero-order chi connectivity index (χ0) is 12.5. The van der Waals surface area contributed by atoms with Gasteiger partial charge in [0.15, 0.2) is 0 Å². The SMILES string of the molecule is Clc1ccc2c(c1Cl)C(c1ccccc1)COC2. The van der Waals surface area contributed by atoms with Crippen molar-refractivity contribution in [2.75, 3.05) is 6.61 Å². The van der Waals surface area contributed by atoms with Gasteiger partial charge in [-0.3, -0.25) is 0 Å². The summed E-state index contributed by atoms with van der Waals surface area (Å²) in [4.78, 5) is 0. The quantitative estimate of drug-likeness (QED) is 0.738. The van der Waals surface area contributed by atoms with Crippen molar-refractivity contribution in [1.29, 1.82) is 0 Å². The predicted octanol–water partition coefficient (Wildman–Crippen LogP) is 4.66. The van der Waals surface area contributed by atoms with Crippen molar-refractivity contribution in [2.45, 2.75) is 12.5 Å². The van der Waals surface area contributed by atoms with E-state index in [1.807, 2.05) is 30.3 Å². The van der Waals surface area contributed by atoms with Crippen molar-refractivity contribution < 1.29 is 4.74 Å². The molecule has 1 atom stereocenters. The highest BCUT2D eigenvalue weighted by atomic mass is 35.5. The largest absolute Gasteiger partial charge is 0.376 e. The normalized spacial score (nSPS) is 18.4. The molecule has 0 fully saturated rings. The second kappa shape index (κ2) is 4.93. The van der Waals surface area contributed by atoms with Gasteiger partial charge in [-0.1, -0.05) is 59.6 Å². The van der Waals surface area contributed by atoms with Crippen LogP contribution >= 0.6 is 23.2 Å². The van der Waals surface area contributed by atoms with E-state index in [1.165, 1.54) is 5.56 Å². The van der Waals surface area contributed by atoms with Crippen LogP contribution in [0, 0.1) is 0 Å². The average molecular weight is 279 g/mol. The van der Waals surface area contributed by atoms with E-state index in [9.17, 15) is 0 Å². The maximum Gasteiger partial charge on any atom is 0.0720 e. The molecule has 92 valence electrons. The number of benzene rings is 2. The molecule has 0 spiro atoms. The Bertz CT molecular complexity index is 566. The fourth-order valence-electron chi connectivity index (χ4n) is 2.43. The molecule has 1 unspecified atom stereocenters. The summed E-state index contributed by atoms with van der Waals surface area (Å²) in [5.41, 5.74) is 3.45. The highest BCUT2D eigenvalue weighted by Gasteiger charge is 2.25. The summed E-state index contributed by atoms with van der Waals surface area (Å²) >= 11 is 12.5. The smallest absolute Gasteiger partial charge is 0.0720 e. The lowest BCUT2D eigenvalue weighted by Gasteiger charge is -2.27. The molecule has 0 aliphatic carbocycles.